The van der Waals surface area contributed by atoms with Crippen molar-refractivity contribution in [3.63, 3.8) is 0 Å². The van der Waals surface area contributed by atoms with E-state index in [4.69, 9.17) is 30.5 Å². The van der Waals surface area contributed by atoms with Crippen LogP contribution < -0.4 is 15.0 Å². The summed E-state index contributed by atoms with van der Waals surface area (Å²) in [6, 6.07) is 3.65. The number of ether oxygens (including phenoxy) is 4. The molecular weight excluding hydrogens is 540 g/mol. The lowest BCUT2D eigenvalue weighted by Crippen LogP contribution is -2.66. The molecule has 10 nitrogen and oxygen atoms in total. The number of fused-ring (bicyclic) bond motifs is 5. The van der Waals surface area contributed by atoms with E-state index in [9.17, 15) is 19.8 Å². The van der Waals surface area contributed by atoms with Crippen LogP contribution in [0.15, 0.2) is 35.9 Å². The maximum atomic E-state index is 13.4. The van der Waals surface area contributed by atoms with Crippen molar-refractivity contribution in [2.45, 2.75) is 70.2 Å². The van der Waals surface area contributed by atoms with Crippen molar-refractivity contribution in [2.24, 2.45) is 11.3 Å². The van der Waals surface area contributed by atoms with Crippen LogP contribution in [0.1, 0.15) is 39.2 Å². The number of aliphatic hydroxyl groups is 2. The number of nitrogens with one attached hydrogen (secondary N) is 1. The van der Waals surface area contributed by atoms with E-state index in [0.717, 1.165) is 11.1 Å². The molecule has 0 saturated carbocycles. The molecule has 3 N–H and O–H groups in total. The Balaban J connectivity index is 1.77. The maximum Gasteiger partial charge on any atom is 0.409 e. The molecule has 4 rings (SSSR count). The number of nitrogens with zero attached hydrogens (tertiary/aromatic N) is 1. The average Bonchev–Trinajstić information content (AvgIpc) is 2.89. The molecule has 2 saturated heterocycles. The van der Waals surface area contributed by atoms with Crippen molar-refractivity contribution in [1.82, 2.24) is 5.32 Å². The lowest BCUT2D eigenvalue weighted by atomic mass is 9.67. The van der Waals surface area contributed by atoms with Crippen molar-refractivity contribution in [2.75, 3.05) is 32.8 Å². The summed E-state index contributed by atoms with van der Waals surface area (Å²) < 4.78 is 22.5. The second-order valence-electron chi connectivity index (χ2n) is 11.3. The van der Waals surface area contributed by atoms with Gasteiger partial charge < -0.3 is 34.1 Å². The van der Waals surface area contributed by atoms with Gasteiger partial charge in [-0.25, -0.2) is 4.79 Å². The molecule has 220 valence electrons. The van der Waals surface area contributed by atoms with Gasteiger partial charge in [0.25, 0.3) is 0 Å². The molecule has 0 unspecified atom stereocenters. The summed E-state index contributed by atoms with van der Waals surface area (Å²) >= 11 is 6.61. The van der Waals surface area contributed by atoms with Crippen molar-refractivity contribution in [1.29, 1.82) is 0 Å². The third kappa shape index (κ3) is 5.73. The topological polar surface area (TPSA) is 127 Å². The Hall–Kier alpha value is -2.63. The van der Waals surface area contributed by atoms with Gasteiger partial charge >= 0.3 is 6.09 Å². The third-order valence-electron chi connectivity index (χ3n) is 8.42. The Morgan fingerprint density at radius 3 is 2.60 bits per heavy atom. The van der Waals surface area contributed by atoms with Gasteiger partial charge in [0.1, 0.15) is 23.0 Å². The summed E-state index contributed by atoms with van der Waals surface area (Å²) in [6.07, 6.45) is 1.76. The van der Waals surface area contributed by atoms with Crippen LogP contribution in [-0.2, 0) is 25.4 Å². The van der Waals surface area contributed by atoms with Gasteiger partial charge in [-0.3, -0.25) is 10.1 Å². The molecule has 0 aromatic heterocycles. The average molecular weight is 579 g/mol. The highest BCUT2D eigenvalue weighted by Crippen LogP contribution is 2.46. The zero-order chi connectivity index (χ0) is 29.4. The zero-order valence-electron chi connectivity index (χ0n) is 23.8. The molecule has 1 aromatic rings. The minimum atomic E-state index is -1.74. The number of amides is 2. The molecule has 40 heavy (non-hydrogen) atoms. The van der Waals surface area contributed by atoms with Crippen LogP contribution in [0.3, 0.4) is 0 Å². The normalized spacial score (nSPS) is 37.3. The van der Waals surface area contributed by atoms with E-state index in [1.54, 1.807) is 19.2 Å². The number of alkyl carbamates (subject to hydrolysis) is 1. The molecule has 0 spiro atoms. The number of benzene rings is 1. The van der Waals surface area contributed by atoms with Gasteiger partial charge in [0.15, 0.2) is 5.72 Å². The van der Waals surface area contributed by atoms with E-state index in [-0.39, 0.29) is 25.4 Å². The van der Waals surface area contributed by atoms with Crippen molar-refractivity contribution >= 4 is 29.3 Å². The molecule has 1 aromatic carbocycles. The first-order valence-electron chi connectivity index (χ1n) is 13.3. The summed E-state index contributed by atoms with van der Waals surface area (Å²) in [4.78, 5) is 27.4. The first kappa shape index (κ1) is 30.3. The predicted molar refractivity (Wildman–Crippen MR) is 149 cm³/mol. The smallest absolute Gasteiger partial charge is 0.409 e. The molecule has 3 heterocycles. The van der Waals surface area contributed by atoms with Gasteiger partial charge in [0.05, 0.1) is 38.0 Å². The number of aliphatic hydroxyl groups excluding tert-OH is 1. The fraction of sp³-hybridized carbons (Fsp3) is 0.586. The Morgan fingerprint density at radius 1 is 1.25 bits per heavy atom. The lowest BCUT2D eigenvalue weighted by Gasteiger charge is -2.54. The van der Waals surface area contributed by atoms with Crippen molar-refractivity contribution in [3.8, 4) is 5.75 Å². The SMILES string of the molecule is COc1cc2cc(c1Cl)N(C)C(=O)C[C@H](O)[C@]1(C)CO[C@H]1[C@H](C)[C@@H]1C[C@@](O)(NC(=O)O1)[C@H](OC)/C=C/C=C(\C)C2. The zero-order valence-corrected chi connectivity index (χ0v) is 24.5. The van der Waals surface area contributed by atoms with Crippen LogP contribution in [0.2, 0.25) is 5.02 Å². The maximum absolute atomic E-state index is 13.4. The van der Waals surface area contributed by atoms with Gasteiger partial charge in [-0.1, -0.05) is 49.2 Å². The van der Waals surface area contributed by atoms with Gasteiger partial charge in [0.2, 0.25) is 5.91 Å². The molecule has 11 heteroatoms. The summed E-state index contributed by atoms with van der Waals surface area (Å²) in [5.74, 6) is -0.298. The first-order valence-corrected chi connectivity index (χ1v) is 13.7. The Bertz CT molecular complexity index is 1200. The number of hydrogen-bond donors (Lipinski definition) is 3. The van der Waals surface area contributed by atoms with Gasteiger partial charge in [-0.15, -0.1) is 0 Å². The van der Waals surface area contributed by atoms with E-state index in [2.05, 4.69) is 5.32 Å². The van der Waals surface area contributed by atoms with Crippen molar-refractivity contribution in [3.05, 3.63) is 46.5 Å². The summed E-state index contributed by atoms with van der Waals surface area (Å²) in [5.41, 5.74) is -0.215. The predicted octanol–water partition coefficient (Wildman–Crippen LogP) is 3.36. The highest BCUT2D eigenvalue weighted by molar-refractivity contribution is 6.35. The minimum Gasteiger partial charge on any atom is -0.495 e. The molecule has 7 atom stereocenters. The van der Waals surface area contributed by atoms with E-state index in [1.165, 1.54) is 19.1 Å². The fourth-order valence-electron chi connectivity index (χ4n) is 5.84. The molecule has 2 amide bonds. The Kier molecular flexibility index (Phi) is 8.87. The van der Waals surface area contributed by atoms with E-state index in [0.29, 0.717) is 22.9 Å². The van der Waals surface area contributed by atoms with E-state index >= 15 is 0 Å². The van der Waals surface area contributed by atoms with Crippen LogP contribution in [0, 0.1) is 11.3 Å². The number of carbonyl (C=O) groups is 2. The number of halogens is 1. The van der Waals surface area contributed by atoms with Crippen LogP contribution in [0.5, 0.6) is 5.75 Å². The van der Waals surface area contributed by atoms with E-state index in [1.807, 2.05) is 39.0 Å². The molecule has 3 aliphatic rings. The number of allylic oxidation sites excluding steroid dienone is 3. The molecule has 0 aliphatic carbocycles. The third-order valence-corrected chi connectivity index (χ3v) is 8.80. The second kappa shape index (κ2) is 11.7. The van der Waals surface area contributed by atoms with Gasteiger partial charge in [0, 0.05) is 31.9 Å². The standard InChI is InChI=1S/C29H39ClN2O8/c1-16-8-7-9-23(38-6)29(36)14-21(40-27(35)31-29)17(2)26-28(3,15-39-26)22(33)13-24(34)32(4)19-11-18(10-16)12-20(37-5)25(19)30/h7-9,11-12,17,21-23,26,33,36H,10,13-15H2,1-6H3,(H,31,35)/b9-7+,16-8+/t17-,21+,22+,23-,26+,28+,29+/m1/s1. The summed E-state index contributed by atoms with van der Waals surface area (Å²) in [5, 5.41) is 25.6. The lowest BCUT2D eigenvalue weighted by molar-refractivity contribution is -0.256. The highest BCUT2D eigenvalue weighted by atomic mass is 35.5. The van der Waals surface area contributed by atoms with Crippen LogP contribution in [-0.4, -0.2) is 80.2 Å². The van der Waals surface area contributed by atoms with Crippen LogP contribution in [0.25, 0.3) is 0 Å². The Labute approximate surface area is 239 Å². The van der Waals surface area contributed by atoms with Crippen LogP contribution in [0.4, 0.5) is 10.5 Å². The second-order valence-corrected chi connectivity index (χ2v) is 11.7. The first-order chi connectivity index (χ1) is 18.8. The molecule has 3 aliphatic heterocycles. The number of anilines is 1. The molecular formula is C29H39ClN2O8. The monoisotopic (exact) mass is 578 g/mol. The summed E-state index contributed by atoms with van der Waals surface area (Å²) in [7, 11) is 4.59. The fourth-order valence-corrected chi connectivity index (χ4v) is 6.15. The molecule has 0 radical (unpaired) electrons. The minimum absolute atomic E-state index is 0.0310. The van der Waals surface area contributed by atoms with Gasteiger partial charge in [-0.2, -0.15) is 0 Å². The quantitative estimate of drug-likeness (QED) is 0.488. The van der Waals surface area contributed by atoms with E-state index < -0.39 is 47.6 Å². The number of carbonyl (C=O) groups excluding carboxylic acids is 2. The van der Waals surface area contributed by atoms with Crippen LogP contribution >= 0.6 is 11.6 Å². The Morgan fingerprint density at radius 2 is 1.98 bits per heavy atom. The largest absolute Gasteiger partial charge is 0.495 e. The highest BCUT2D eigenvalue weighted by Gasteiger charge is 2.56. The number of hydrogen-bond acceptors (Lipinski definition) is 8. The molecule has 4 bridgehead atoms. The molecule has 2 fully saturated rings. The summed E-state index contributed by atoms with van der Waals surface area (Å²) in [6.45, 7) is 5.86. The number of methoxy groups -OCH3 is 2. The van der Waals surface area contributed by atoms with Crippen molar-refractivity contribution < 1.29 is 38.7 Å². The van der Waals surface area contributed by atoms with Gasteiger partial charge in [-0.05, 0) is 31.0 Å². The number of rotatable bonds is 2.